The van der Waals surface area contributed by atoms with Gasteiger partial charge in [-0.2, -0.15) is 0 Å². The van der Waals surface area contributed by atoms with E-state index in [-0.39, 0.29) is 12.1 Å². The van der Waals surface area contributed by atoms with Gasteiger partial charge in [0.05, 0.1) is 13.2 Å². The fraction of sp³-hybridized carbons (Fsp3) is 0.435. The van der Waals surface area contributed by atoms with Gasteiger partial charge in [-0.15, -0.1) is 0 Å². The number of carbonyl (C=O) groups excluding carboxylic acids is 1. The summed E-state index contributed by atoms with van der Waals surface area (Å²) in [6.45, 7) is 2.72. The minimum atomic E-state index is -0.104. The van der Waals surface area contributed by atoms with Crippen molar-refractivity contribution in [1.82, 2.24) is 10.6 Å². The Morgan fingerprint density at radius 1 is 1.07 bits per heavy atom. The molecule has 0 bridgehead atoms. The van der Waals surface area contributed by atoms with E-state index in [0.717, 1.165) is 25.0 Å². The molecule has 0 aliphatic heterocycles. The van der Waals surface area contributed by atoms with E-state index in [4.69, 9.17) is 4.74 Å². The summed E-state index contributed by atoms with van der Waals surface area (Å²) < 4.78 is 5.16. The van der Waals surface area contributed by atoms with E-state index in [2.05, 4.69) is 35.8 Å². The molecule has 3 rings (SSSR count). The molecule has 4 nitrogen and oxygen atoms in total. The first-order valence-corrected chi connectivity index (χ1v) is 9.98. The summed E-state index contributed by atoms with van der Waals surface area (Å²) in [5.74, 6) is 0.847. The Bertz CT molecular complexity index is 755. The van der Waals surface area contributed by atoms with E-state index in [1.807, 2.05) is 24.3 Å². The first-order chi connectivity index (χ1) is 13.2. The van der Waals surface area contributed by atoms with Crippen molar-refractivity contribution in [1.29, 1.82) is 0 Å². The molecular formula is C23H30N2O2. The Balaban J connectivity index is 1.50. The number of nitrogens with one attached hydrogen (secondary N) is 2. The Morgan fingerprint density at radius 2 is 1.81 bits per heavy atom. The lowest BCUT2D eigenvalue weighted by molar-refractivity contribution is 0.237. The van der Waals surface area contributed by atoms with Crippen LogP contribution in [0.1, 0.15) is 54.5 Å². The molecule has 1 atom stereocenters. The molecule has 1 aliphatic rings. The third-order valence-electron chi connectivity index (χ3n) is 5.35. The molecule has 2 N–H and O–H groups in total. The predicted octanol–water partition coefficient (Wildman–Crippen LogP) is 4.57. The van der Waals surface area contributed by atoms with Gasteiger partial charge in [0.1, 0.15) is 5.75 Å². The maximum absolute atomic E-state index is 12.3. The van der Waals surface area contributed by atoms with Crippen LogP contribution in [0.4, 0.5) is 4.79 Å². The molecule has 0 heterocycles. The zero-order chi connectivity index (χ0) is 19.1. The molecule has 144 valence electrons. The van der Waals surface area contributed by atoms with Gasteiger partial charge in [0.2, 0.25) is 0 Å². The van der Waals surface area contributed by atoms with Crippen molar-refractivity contribution in [2.24, 2.45) is 0 Å². The monoisotopic (exact) mass is 366 g/mol. The summed E-state index contributed by atoms with van der Waals surface area (Å²) in [6.07, 6.45) is 6.59. The molecule has 1 aliphatic carbocycles. The van der Waals surface area contributed by atoms with Gasteiger partial charge in [-0.1, -0.05) is 37.3 Å². The number of urea groups is 1. The number of ether oxygens (including phenoxy) is 1. The van der Waals surface area contributed by atoms with Crippen molar-refractivity contribution >= 4 is 6.03 Å². The zero-order valence-electron chi connectivity index (χ0n) is 16.4. The Kier molecular flexibility index (Phi) is 6.74. The van der Waals surface area contributed by atoms with Gasteiger partial charge < -0.3 is 15.4 Å². The lowest BCUT2D eigenvalue weighted by Gasteiger charge is -2.22. The highest BCUT2D eigenvalue weighted by molar-refractivity contribution is 5.74. The molecule has 0 aromatic heterocycles. The summed E-state index contributed by atoms with van der Waals surface area (Å²) in [5, 5.41) is 6.10. The number of hydrogen-bond acceptors (Lipinski definition) is 2. The molecule has 2 amide bonds. The minimum absolute atomic E-state index is 0.0539. The number of amides is 2. The Hall–Kier alpha value is -2.49. The number of methoxy groups -OCH3 is 1. The summed E-state index contributed by atoms with van der Waals surface area (Å²) in [6, 6.07) is 14.6. The number of benzene rings is 2. The molecule has 0 radical (unpaired) electrons. The van der Waals surface area contributed by atoms with Crippen molar-refractivity contribution in [3.63, 3.8) is 0 Å². The van der Waals surface area contributed by atoms with E-state index in [0.29, 0.717) is 6.54 Å². The standard InChI is InChI=1S/C23H30N2O2/c1-3-22(20-11-10-18-6-4-5-7-19(18)16-20)25-23(26)24-15-14-17-8-12-21(27-2)13-9-17/h8-13,16,22H,3-7,14-15H2,1-2H3,(H2,24,25,26). The predicted molar refractivity (Wildman–Crippen MR) is 109 cm³/mol. The largest absolute Gasteiger partial charge is 0.497 e. The van der Waals surface area contributed by atoms with Gasteiger partial charge in [0.25, 0.3) is 0 Å². The van der Waals surface area contributed by atoms with Crippen molar-refractivity contribution < 1.29 is 9.53 Å². The molecule has 2 aromatic carbocycles. The second-order valence-electron chi connectivity index (χ2n) is 7.19. The highest BCUT2D eigenvalue weighted by atomic mass is 16.5. The van der Waals surface area contributed by atoms with Crippen LogP contribution in [0.5, 0.6) is 5.75 Å². The topological polar surface area (TPSA) is 50.4 Å². The van der Waals surface area contributed by atoms with Gasteiger partial charge in [-0.3, -0.25) is 0 Å². The van der Waals surface area contributed by atoms with E-state index in [1.165, 1.54) is 41.5 Å². The maximum Gasteiger partial charge on any atom is 0.315 e. The summed E-state index contributed by atoms with van der Waals surface area (Å²) in [4.78, 5) is 12.3. The highest BCUT2D eigenvalue weighted by Crippen LogP contribution is 2.26. The molecule has 27 heavy (non-hydrogen) atoms. The SMILES string of the molecule is CCC(NC(=O)NCCc1ccc(OC)cc1)c1ccc2c(c1)CCCC2. The minimum Gasteiger partial charge on any atom is -0.497 e. The van der Waals surface area contributed by atoms with Crippen LogP contribution in [0.25, 0.3) is 0 Å². The highest BCUT2D eigenvalue weighted by Gasteiger charge is 2.16. The molecule has 4 heteroatoms. The van der Waals surface area contributed by atoms with Crippen LogP contribution in [-0.4, -0.2) is 19.7 Å². The average Bonchev–Trinajstić information content (AvgIpc) is 2.72. The molecular weight excluding hydrogens is 336 g/mol. The molecule has 1 unspecified atom stereocenters. The van der Waals surface area contributed by atoms with Crippen LogP contribution in [0, 0.1) is 0 Å². The van der Waals surface area contributed by atoms with Crippen molar-refractivity contribution in [2.75, 3.05) is 13.7 Å². The van der Waals surface area contributed by atoms with Gasteiger partial charge in [0.15, 0.2) is 0 Å². The van der Waals surface area contributed by atoms with Crippen LogP contribution < -0.4 is 15.4 Å². The fourth-order valence-electron chi connectivity index (χ4n) is 3.71. The van der Waals surface area contributed by atoms with E-state index >= 15 is 0 Å². The second kappa shape index (κ2) is 9.45. The van der Waals surface area contributed by atoms with Gasteiger partial charge in [-0.25, -0.2) is 4.79 Å². The number of carbonyl (C=O) groups is 1. The van der Waals surface area contributed by atoms with E-state index in [1.54, 1.807) is 7.11 Å². The van der Waals surface area contributed by atoms with Crippen molar-refractivity contribution in [3.8, 4) is 5.75 Å². The molecule has 2 aromatic rings. The number of aryl methyl sites for hydroxylation is 2. The summed E-state index contributed by atoms with van der Waals surface area (Å²) >= 11 is 0. The lowest BCUT2D eigenvalue weighted by atomic mass is 9.89. The van der Waals surface area contributed by atoms with Crippen LogP contribution in [-0.2, 0) is 19.3 Å². The molecule has 0 saturated heterocycles. The number of rotatable bonds is 7. The Morgan fingerprint density at radius 3 is 2.52 bits per heavy atom. The fourth-order valence-corrected chi connectivity index (χ4v) is 3.71. The van der Waals surface area contributed by atoms with Crippen LogP contribution >= 0.6 is 0 Å². The molecule has 0 saturated carbocycles. The number of hydrogen-bond donors (Lipinski definition) is 2. The third-order valence-corrected chi connectivity index (χ3v) is 5.35. The van der Waals surface area contributed by atoms with Crippen LogP contribution in [0.3, 0.4) is 0 Å². The quantitative estimate of drug-likeness (QED) is 0.754. The average molecular weight is 367 g/mol. The van der Waals surface area contributed by atoms with E-state index < -0.39 is 0 Å². The molecule has 0 fully saturated rings. The number of fused-ring (bicyclic) bond motifs is 1. The maximum atomic E-state index is 12.3. The lowest BCUT2D eigenvalue weighted by Crippen LogP contribution is -2.38. The van der Waals surface area contributed by atoms with Gasteiger partial charge >= 0.3 is 6.03 Å². The van der Waals surface area contributed by atoms with E-state index in [9.17, 15) is 4.79 Å². The molecule has 0 spiro atoms. The third kappa shape index (κ3) is 5.25. The van der Waals surface area contributed by atoms with Gasteiger partial charge in [-0.05, 0) is 72.9 Å². The van der Waals surface area contributed by atoms with Crippen molar-refractivity contribution in [3.05, 3.63) is 64.7 Å². The van der Waals surface area contributed by atoms with Gasteiger partial charge in [0, 0.05) is 6.54 Å². The summed E-state index contributed by atoms with van der Waals surface area (Å²) in [5.41, 5.74) is 5.32. The van der Waals surface area contributed by atoms with Crippen LogP contribution in [0.2, 0.25) is 0 Å². The zero-order valence-corrected chi connectivity index (χ0v) is 16.4. The normalized spacial score (nSPS) is 14.1. The summed E-state index contributed by atoms with van der Waals surface area (Å²) in [7, 11) is 1.66. The first kappa shape index (κ1) is 19.3. The second-order valence-corrected chi connectivity index (χ2v) is 7.19. The Labute approximate surface area is 162 Å². The van der Waals surface area contributed by atoms with Crippen molar-refractivity contribution in [2.45, 2.75) is 51.5 Å². The first-order valence-electron chi connectivity index (χ1n) is 9.98. The smallest absolute Gasteiger partial charge is 0.315 e. The van der Waals surface area contributed by atoms with Crippen LogP contribution in [0.15, 0.2) is 42.5 Å².